The summed E-state index contributed by atoms with van der Waals surface area (Å²) in [4.78, 5) is 15.9. The predicted molar refractivity (Wildman–Crippen MR) is 112 cm³/mol. The zero-order valence-electron chi connectivity index (χ0n) is 15.7. The summed E-state index contributed by atoms with van der Waals surface area (Å²) in [7, 11) is -3.82. The van der Waals surface area contributed by atoms with Crippen molar-refractivity contribution in [3.05, 3.63) is 57.7 Å². The Morgan fingerprint density at radius 3 is 2.75 bits per heavy atom. The number of aromatic amines is 1. The molecule has 0 aliphatic heterocycles. The highest BCUT2D eigenvalue weighted by atomic mass is 35.5. The van der Waals surface area contributed by atoms with Gasteiger partial charge in [0.25, 0.3) is 10.0 Å². The van der Waals surface area contributed by atoms with Crippen LogP contribution in [0.5, 0.6) is 0 Å². The summed E-state index contributed by atoms with van der Waals surface area (Å²) in [5, 5.41) is 1.32. The molecule has 1 heterocycles. The summed E-state index contributed by atoms with van der Waals surface area (Å²) in [5.74, 6) is 0.123. The lowest BCUT2D eigenvalue weighted by atomic mass is 9.94. The molecule has 2 N–H and O–H groups in total. The number of hydrogen-bond donors (Lipinski definition) is 2. The van der Waals surface area contributed by atoms with Crippen molar-refractivity contribution < 1.29 is 13.2 Å². The number of halogens is 1. The summed E-state index contributed by atoms with van der Waals surface area (Å²) in [6.45, 7) is 3.68. The Balaban J connectivity index is 1.85. The Labute approximate surface area is 169 Å². The van der Waals surface area contributed by atoms with Crippen LogP contribution >= 0.6 is 11.6 Å². The van der Waals surface area contributed by atoms with Crippen molar-refractivity contribution in [2.45, 2.75) is 44.4 Å². The molecule has 0 amide bonds. The van der Waals surface area contributed by atoms with Crippen LogP contribution in [-0.4, -0.2) is 19.2 Å². The van der Waals surface area contributed by atoms with E-state index in [1.165, 1.54) is 0 Å². The molecule has 0 saturated heterocycles. The first-order chi connectivity index (χ1) is 13.3. The van der Waals surface area contributed by atoms with E-state index in [4.69, 9.17) is 11.6 Å². The molecule has 0 unspecified atom stereocenters. The molecule has 0 atom stereocenters. The van der Waals surface area contributed by atoms with E-state index in [-0.39, 0.29) is 10.7 Å². The molecule has 2 aromatic carbocycles. The summed E-state index contributed by atoms with van der Waals surface area (Å²) in [6.07, 6.45) is 2.70. The number of Topliss-reactive ketones (excluding diaryl/α,β-unsaturated/α-hetero) is 1. The fourth-order valence-corrected chi connectivity index (χ4v) is 5.44. The topological polar surface area (TPSA) is 79.0 Å². The molecule has 1 aliphatic rings. The number of aryl methyl sites for hydroxylation is 2. The number of benzene rings is 2. The Morgan fingerprint density at radius 1 is 1.21 bits per heavy atom. The lowest BCUT2D eigenvalue weighted by molar-refractivity contribution is 0.0974. The molecule has 28 heavy (non-hydrogen) atoms. The van der Waals surface area contributed by atoms with Crippen LogP contribution < -0.4 is 4.72 Å². The second kappa shape index (κ2) is 6.94. The normalized spacial score (nSPS) is 14.3. The van der Waals surface area contributed by atoms with Gasteiger partial charge in [0.15, 0.2) is 5.78 Å². The lowest BCUT2D eigenvalue weighted by Gasteiger charge is -2.14. The summed E-state index contributed by atoms with van der Waals surface area (Å²) in [5.41, 5.74) is 4.11. The van der Waals surface area contributed by atoms with Gasteiger partial charge >= 0.3 is 0 Å². The van der Waals surface area contributed by atoms with Gasteiger partial charge in [-0.15, -0.1) is 0 Å². The van der Waals surface area contributed by atoms with E-state index >= 15 is 0 Å². The maximum Gasteiger partial charge on any atom is 0.262 e. The first kappa shape index (κ1) is 19.0. The van der Waals surface area contributed by atoms with Crippen LogP contribution in [0.3, 0.4) is 0 Å². The van der Waals surface area contributed by atoms with E-state index in [1.807, 2.05) is 13.0 Å². The molecular weight excluding hydrogens is 396 g/mol. The second-order valence-electron chi connectivity index (χ2n) is 7.13. The highest BCUT2D eigenvalue weighted by Crippen LogP contribution is 2.33. The van der Waals surface area contributed by atoms with Crippen LogP contribution in [0, 0.1) is 6.92 Å². The highest BCUT2D eigenvalue weighted by Gasteiger charge is 2.26. The fourth-order valence-electron chi connectivity index (χ4n) is 3.82. The van der Waals surface area contributed by atoms with E-state index in [2.05, 4.69) is 9.71 Å². The maximum atomic E-state index is 13.2. The first-order valence-electron chi connectivity index (χ1n) is 9.30. The van der Waals surface area contributed by atoms with Crippen molar-refractivity contribution in [3.8, 4) is 0 Å². The molecule has 0 fully saturated rings. The minimum atomic E-state index is -3.82. The Bertz CT molecular complexity index is 1210. The number of fused-ring (bicyclic) bond motifs is 3. The molecule has 7 heteroatoms. The number of ketones is 1. The molecule has 1 aliphatic carbocycles. The van der Waals surface area contributed by atoms with E-state index in [1.54, 1.807) is 31.2 Å². The third-order valence-corrected chi connectivity index (χ3v) is 7.21. The number of hydrogen-bond acceptors (Lipinski definition) is 3. The van der Waals surface area contributed by atoms with Crippen molar-refractivity contribution in [1.29, 1.82) is 0 Å². The first-order valence-corrected chi connectivity index (χ1v) is 11.2. The highest BCUT2D eigenvalue weighted by molar-refractivity contribution is 7.92. The minimum absolute atomic E-state index is 0.123. The predicted octanol–water partition coefficient (Wildman–Crippen LogP) is 5.01. The van der Waals surface area contributed by atoms with Crippen molar-refractivity contribution in [2.75, 3.05) is 4.72 Å². The number of carbonyl (C=O) groups excluding carboxylic acids is 1. The number of nitrogens with one attached hydrogen (secondary N) is 2. The summed E-state index contributed by atoms with van der Waals surface area (Å²) >= 11 is 6.13. The molecule has 4 rings (SSSR count). The van der Waals surface area contributed by atoms with Gasteiger partial charge in [-0.3, -0.25) is 9.52 Å². The Hall–Kier alpha value is -2.31. The minimum Gasteiger partial charge on any atom is -0.358 e. The quantitative estimate of drug-likeness (QED) is 0.627. The number of aromatic nitrogens is 1. The van der Waals surface area contributed by atoms with Crippen LogP contribution in [0.15, 0.2) is 35.2 Å². The van der Waals surface area contributed by atoms with Gasteiger partial charge in [-0.25, -0.2) is 8.42 Å². The van der Waals surface area contributed by atoms with Crippen molar-refractivity contribution in [1.82, 2.24) is 4.98 Å². The number of rotatable bonds is 4. The van der Waals surface area contributed by atoms with Crippen LogP contribution in [-0.2, 0) is 22.9 Å². The van der Waals surface area contributed by atoms with Gasteiger partial charge in [0.05, 0.1) is 10.6 Å². The average Bonchev–Trinajstić information content (AvgIpc) is 3.03. The van der Waals surface area contributed by atoms with Crippen molar-refractivity contribution in [2.24, 2.45) is 0 Å². The lowest BCUT2D eigenvalue weighted by Crippen LogP contribution is -2.16. The van der Waals surface area contributed by atoms with Crippen molar-refractivity contribution >= 4 is 44.0 Å². The van der Waals surface area contributed by atoms with Gasteiger partial charge < -0.3 is 4.98 Å². The van der Waals surface area contributed by atoms with Gasteiger partial charge in [0.1, 0.15) is 0 Å². The Morgan fingerprint density at radius 2 is 2.00 bits per heavy atom. The molecule has 5 nitrogen and oxygen atoms in total. The van der Waals surface area contributed by atoms with Gasteiger partial charge in [0.2, 0.25) is 0 Å². The van der Waals surface area contributed by atoms with Gasteiger partial charge in [-0.1, -0.05) is 24.6 Å². The maximum absolute atomic E-state index is 13.2. The number of carbonyl (C=O) groups is 1. The molecule has 1 aromatic heterocycles. The number of sulfonamides is 1. The zero-order valence-corrected chi connectivity index (χ0v) is 17.3. The monoisotopic (exact) mass is 416 g/mol. The fraction of sp³-hybridized carbons (Fsp3) is 0.286. The zero-order chi connectivity index (χ0) is 20.1. The molecule has 0 bridgehead atoms. The molecule has 146 valence electrons. The van der Waals surface area contributed by atoms with Crippen LogP contribution in [0.2, 0.25) is 5.02 Å². The molecule has 0 radical (unpaired) electrons. The van der Waals surface area contributed by atoms with E-state index in [0.29, 0.717) is 40.2 Å². The van der Waals surface area contributed by atoms with Gasteiger partial charge in [0, 0.05) is 33.6 Å². The van der Waals surface area contributed by atoms with Crippen LogP contribution in [0.4, 0.5) is 5.69 Å². The SMILES string of the molecule is CCc1cc2c3c([nH]c2cc1S(=O)(=O)Nc1cccc(Cl)c1C)CCCC3=O. The third-order valence-electron chi connectivity index (χ3n) is 5.35. The van der Waals surface area contributed by atoms with Gasteiger partial charge in [-0.2, -0.15) is 0 Å². The average molecular weight is 417 g/mol. The smallest absolute Gasteiger partial charge is 0.262 e. The standard InChI is InChI=1S/C21H21ClN2O3S/c1-3-13-10-14-18(23-17-8-5-9-19(25)21(14)17)11-20(13)28(26,27)24-16-7-4-6-15(22)12(16)2/h4,6-7,10-11,23-24H,3,5,8-9H2,1-2H3. The molecule has 0 saturated carbocycles. The van der Waals surface area contributed by atoms with Gasteiger partial charge in [-0.05, 0) is 61.6 Å². The number of H-pyrrole nitrogens is 1. The van der Waals surface area contributed by atoms with Crippen LogP contribution in [0.25, 0.3) is 10.9 Å². The van der Waals surface area contributed by atoms with Crippen molar-refractivity contribution in [3.63, 3.8) is 0 Å². The van der Waals surface area contributed by atoms with E-state index in [0.717, 1.165) is 29.5 Å². The number of anilines is 1. The largest absolute Gasteiger partial charge is 0.358 e. The molecule has 3 aromatic rings. The van der Waals surface area contributed by atoms with E-state index < -0.39 is 10.0 Å². The van der Waals surface area contributed by atoms with E-state index in [9.17, 15) is 13.2 Å². The molecule has 0 spiro atoms. The second-order valence-corrected chi connectivity index (χ2v) is 9.19. The summed E-state index contributed by atoms with van der Waals surface area (Å²) in [6, 6.07) is 8.60. The third kappa shape index (κ3) is 3.10. The van der Waals surface area contributed by atoms with Crippen LogP contribution in [0.1, 0.15) is 46.9 Å². The Kier molecular flexibility index (Phi) is 4.71. The summed E-state index contributed by atoms with van der Waals surface area (Å²) < 4.78 is 29.0. The molecular formula is C21H21ClN2O3S.